The number of methoxy groups -OCH3 is 2. The second-order valence-corrected chi connectivity index (χ2v) is 7.92. The molecule has 1 saturated heterocycles. The third-order valence-electron chi connectivity index (χ3n) is 5.03. The Morgan fingerprint density at radius 3 is 2.63 bits per heavy atom. The Bertz CT molecular complexity index is 792. The fourth-order valence-corrected chi connectivity index (χ4v) is 4.32. The summed E-state index contributed by atoms with van der Waals surface area (Å²) in [6.07, 6.45) is 0. The topological polar surface area (TPSA) is 67.4 Å². The predicted molar refractivity (Wildman–Crippen MR) is 122 cm³/mol. The molecule has 2 heterocycles. The second-order valence-electron chi connectivity index (χ2n) is 6.94. The Morgan fingerprint density at radius 2 is 1.97 bits per heavy atom. The van der Waals surface area contributed by atoms with E-state index >= 15 is 0 Å². The van der Waals surface area contributed by atoms with E-state index in [1.165, 1.54) is 4.88 Å². The zero-order valence-corrected chi connectivity index (χ0v) is 18.8. The first-order valence-corrected chi connectivity index (χ1v) is 11.2. The van der Waals surface area contributed by atoms with Gasteiger partial charge in [0.05, 0.1) is 40.0 Å². The molecule has 2 N–H and O–H groups in total. The van der Waals surface area contributed by atoms with E-state index in [2.05, 4.69) is 40.0 Å². The van der Waals surface area contributed by atoms with Crippen LogP contribution in [0.5, 0.6) is 11.5 Å². The fraction of sp³-hybridized carbons (Fsp3) is 0.500. The first kappa shape index (κ1) is 22.4. The number of benzene rings is 1. The van der Waals surface area contributed by atoms with Gasteiger partial charge in [0, 0.05) is 31.1 Å². The van der Waals surface area contributed by atoms with Gasteiger partial charge in [-0.05, 0) is 36.1 Å². The Balaban J connectivity index is 1.67. The first-order valence-electron chi connectivity index (χ1n) is 10.3. The molecule has 8 heteroatoms. The Kier molecular flexibility index (Phi) is 8.80. The van der Waals surface area contributed by atoms with Crippen molar-refractivity contribution in [2.75, 3.05) is 53.6 Å². The number of aliphatic imine (C=N–C) groups is 1. The average Bonchev–Trinajstić information content (AvgIpc) is 3.32. The number of hydrogen-bond donors (Lipinski definition) is 2. The summed E-state index contributed by atoms with van der Waals surface area (Å²) in [5.41, 5.74) is 1.06. The van der Waals surface area contributed by atoms with Gasteiger partial charge >= 0.3 is 0 Å². The quantitative estimate of drug-likeness (QED) is 0.469. The molecular formula is C22H32N4O3S. The highest BCUT2D eigenvalue weighted by molar-refractivity contribution is 7.10. The molecule has 1 atom stereocenters. The van der Waals surface area contributed by atoms with Crippen LogP contribution in [0, 0.1) is 0 Å². The number of guanidine groups is 1. The SMILES string of the molecule is CCNC(=NCc1ccc(OC)c(OC)c1)NCC(c1cccs1)N1CCOCC1. The molecule has 1 unspecified atom stereocenters. The summed E-state index contributed by atoms with van der Waals surface area (Å²) >= 11 is 1.80. The molecular weight excluding hydrogens is 400 g/mol. The molecule has 164 valence electrons. The van der Waals surface area contributed by atoms with E-state index in [1.807, 2.05) is 18.2 Å². The lowest BCUT2D eigenvalue weighted by Gasteiger charge is -2.34. The monoisotopic (exact) mass is 432 g/mol. The predicted octanol–water partition coefficient (Wildman–Crippen LogP) is 2.89. The minimum atomic E-state index is 0.304. The zero-order valence-electron chi connectivity index (χ0n) is 18.0. The van der Waals surface area contributed by atoms with E-state index < -0.39 is 0 Å². The highest BCUT2D eigenvalue weighted by Crippen LogP contribution is 2.28. The fourth-order valence-electron chi connectivity index (χ4n) is 3.46. The summed E-state index contributed by atoms with van der Waals surface area (Å²) in [5, 5.41) is 9.02. The average molecular weight is 433 g/mol. The van der Waals surface area contributed by atoms with Crippen molar-refractivity contribution in [3.63, 3.8) is 0 Å². The normalized spacial score (nSPS) is 16.2. The van der Waals surface area contributed by atoms with Crippen LogP contribution >= 0.6 is 11.3 Å². The molecule has 1 aliphatic rings. The van der Waals surface area contributed by atoms with Gasteiger partial charge in [0.1, 0.15) is 0 Å². The smallest absolute Gasteiger partial charge is 0.191 e. The number of ether oxygens (including phenoxy) is 3. The van der Waals surface area contributed by atoms with Crippen LogP contribution in [0.25, 0.3) is 0 Å². The molecule has 7 nitrogen and oxygen atoms in total. The maximum absolute atomic E-state index is 5.54. The lowest BCUT2D eigenvalue weighted by atomic mass is 10.2. The van der Waals surface area contributed by atoms with Crippen LogP contribution in [0.3, 0.4) is 0 Å². The Hall–Kier alpha value is -2.29. The van der Waals surface area contributed by atoms with Crippen LogP contribution in [-0.2, 0) is 11.3 Å². The maximum atomic E-state index is 5.54. The van der Waals surface area contributed by atoms with E-state index in [1.54, 1.807) is 25.6 Å². The van der Waals surface area contributed by atoms with E-state index in [0.29, 0.717) is 18.3 Å². The largest absolute Gasteiger partial charge is 0.493 e. The molecule has 1 fully saturated rings. The second kappa shape index (κ2) is 11.8. The van der Waals surface area contributed by atoms with E-state index in [0.717, 1.165) is 56.7 Å². The minimum Gasteiger partial charge on any atom is -0.493 e. The summed E-state index contributed by atoms with van der Waals surface area (Å²) in [6, 6.07) is 10.5. The van der Waals surface area contributed by atoms with Crippen molar-refractivity contribution < 1.29 is 14.2 Å². The van der Waals surface area contributed by atoms with Crippen molar-refractivity contribution in [3.05, 3.63) is 46.2 Å². The molecule has 1 aliphatic heterocycles. The van der Waals surface area contributed by atoms with Gasteiger partial charge in [0.25, 0.3) is 0 Å². The molecule has 30 heavy (non-hydrogen) atoms. The van der Waals surface area contributed by atoms with Crippen LogP contribution in [0.15, 0.2) is 40.7 Å². The van der Waals surface area contributed by atoms with Gasteiger partial charge in [-0.15, -0.1) is 11.3 Å². The molecule has 1 aromatic carbocycles. The zero-order chi connectivity index (χ0) is 21.2. The molecule has 0 saturated carbocycles. The molecule has 0 amide bonds. The lowest BCUT2D eigenvalue weighted by molar-refractivity contribution is 0.0177. The van der Waals surface area contributed by atoms with Crippen LogP contribution in [0.2, 0.25) is 0 Å². The summed E-state index contributed by atoms with van der Waals surface area (Å²) in [7, 11) is 3.29. The highest BCUT2D eigenvalue weighted by Gasteiger charge is 2.23. The molecule has 1 aromatic heterocycles. The van der Waals surface area contributed by atoms with Crippen molar-refractivity contribution in [1.29, 1.82) is 0 Å². The van der Waals surface area contributed by atoms with Crippen molar-refractivity contribution in [2.45, 2.75) is 19.5 Å². The van der Waals surface area contributed by atoms with Crippen molar-refractivity contribution in [2.24, 2.45) is 4.99 Å². The van der Waals surface area contributed by atoms with Gasteiger partial charge in [-0.25, -0.2) is 4.99 Å². The van der Waals surface area contributed by atoms with Gasteiger partial charge in [0.15, 0.2) is 17.5 Å². The number of hydrogen-bond acceptors (Lipinski definition) is 6. The number of thiophene rings is 1. The lowest BCUT2D eigenvalue weighted by Crippen LogP contribution is -2.46. The number of morpholine rings is 1. The summed E-state index contributed by atoms with van der Waals surface area (Å²) in [5.74, 6) is 2.25. The van der Waals surface area contributed by atoms with Crippen LogP contribution in [0.1, 0.15) is 23.4 Å². The third-order valence-corrected chi connectivity index (χ3v) is 6.01. The molecule has 0 radical (unpaired) electrons. The van der Waals surface area contributed by atoms with E-state index in [-0.39, 0.29) is 0 Å². The summed E-state index contributed by atoms with van der Waals surface area (Å²) in [6.45, 7) is 7.69. The van der Waals surface area contributed by atoms with Crippen molar-refractivity contribution >= 4 is 17.3 Å². The summed E-state index contributed by atoms with van der Waals surface area (Å²) < 4.78 is 16.3. The van der Waals surface area contributed by atoms with Crippen LogP contribution < -0.4 is 20.1 Å². The molecule has 0 spiro atoms. The van der Waals surface area contributed by atoms with E-state index in [4.69, 9.17) is 19.2 Å². The first-order chi connectivity index (χ1) is 14.7. The van der Waals surface area contributed by atoms with Gasteiger partial charge in [-0.3, -0.25) is 4.90 Å². The van der Waals surface area contributed by atoms with Gasteiger partial charge in [-0.1, -0.05) is 12.1 Å². The van der Waals surface area contributed by atoms with Crippen LogP contribution in [0.4, 0.5) is 0 Å². The number of nitrogens with zero attached hydrogens (tertiary/aromatic N) is 2. The maximum Gasteiger partial charge on any atom is 0.191 e. The molecule has 0 bridgehead atoms. The molecule has 2 aromatic rings. The highest BCUT2D eigenvalue weighted by atomic mass is 32.1. The minimum absolute atomic E-state index is 0.304. The molecule has 3 rings (SSSR count). The van der Waals surface area contributed by atoms with E-state index in [9.17, 15) is 0 Å². The standard InChI is InChI=1S/C22H32N4O3S/c1-4-23-22(24-15-17-7-8-19(27-2)20(14-17)28-3)25-16-18(21-6-5-13-30-21)26-9-11-29-12-10-26/h5-8,13-14,18H,4,9-12,15-16H2,1-3H3,(H2,23,24,25). The summed E-state index contributed by atoms with van der Waals surface area (Å²) in [4.78, 5) is 8.62. The number of rotatable bonds is 9. The Morgan fingerprint density at radius 1 is 1.17 bits per heavy atom. The van der Waals surface area contributed by atoms with Gasteiger partial charge < -0.3 is 24.8 Å². The van der Waals surface area contributed by atoms with Crippen molar-refractivity contribution in [3.8, 4) is 11.5 Å². The Labute approximate surface area is 183 Å². The van der Waals surface area contributed by atoms with Crippen LogP contribution in [-0.4, -0.2) is 64.5 Å². The van der Waals surface area contributed by atoms with Gasteiger partial charge in [-0.2, -0.15) is 0 Å². The molecule has 0 aliphatic carbocycles. The third kappa shape index (κ3) is 6.10. The number of nitrogens with one attached hydrogen (secondary N) is 2. The van der Waals surface area contributed by atoms with Gasteiger partial charge in [0.2, 0.25) is 0 Å². The van der Waals surface area contributed by atoms with Crippen molar-refractivity contribution in [1.82, 2.24) is 15.5 Å².